The normalized spacial score (nSPS) is 20.3. The van der Waals surface area contributed by atoms with Gasteiger partial charge >= 0.3 is 0 Å². The Morgan fingerprint density at radius 2 is 2.00 bits per heavy atom. The van der Waals surface area contributed by atoms with Gasteiger partial charge in [-0.15, -0.1) is 0 Å². The Bertz CT molecular complexity index is 1010. The minimum atomic E-state index is -0.472. The third-order valence-corrected chi connectivity index (χ3v) is 4.60. The maximum absolute atomic E-state index is 12.5. The zero-order valence-corrected chi connectivity index (χ0v) is 15.3. The van der Waals surface area contributed by atoms with Crippen molar-refractivity contribution < 1.29 is 9.53 Å². The number of hydrogen-bond acceptors (Lipinski definition) is 6. The molecule has 138 valence electrons. The minimum Gasteiger partial charge on any atom is -0.364 e. The van der Waals surface area contributed by atoms with Crippen molar-refractivity contribution in [3.05, 3.63) is 48.3 Å². The molecule has 0 radical (unpaired) electrons. The van der Waals surface area contributed by atoms with Crippen molar-refractivity contribution >= 4 is 22.6 Å². The molecule has 2 atom stereocenters. The van der Waals surface area contributed by atoms with Gasteiger partial charge in [-0.05, 0) is 44.2 Å². The van der Waals surface area contributed by atoms with Crippen molar-refractivity contribution in [3.63, 3.8) is 0 Å². The molecule has 1 fully saturated rings. The van der Waals surface area contributed by atoms with E-state index in [2.05, 4.69) is 9.97 Å². The van der Waals surface area contributed by atoms with Crippen LogP contribution in [-0.2, 0) is 16.1 Å². The van der Waals surface area contributed by atoms with Crippen molar-refractivity contribution in [2.45, 2.75) is 32.6 Å². The monoisotopic (exact) mass is 363 g/mol. The van der Waals surface area contributed by atoms with Crippen LogP contribution < -0.4 is 10.6 Å². The fourth-order valence-corrected chi connectivity index (χ4v) is 3.25. The highest BCUT2D eigenvalue weighted by molar-refractivity contribution is 5.96. The van der Waals surface area contributed by atoms with E-state index in [4.69, 9.17) is 15.5 Å². The van der Waals surface area contributed by atoms with E-state index in [0.717, 1.165) is 22.3 Å². The van der Waals surface area contributed by atoms with Crippen molar-refractivity contribution in [1.29, 1.82) is 0 Å². The summed E-state index contributed by atoms with van der Waals surface area (Å²) < 4.78 is 5.59. The van der Waals surface area contributed by atoms with Crippen molar-refractivity contribution in [3.8, 4) is 11.4 Å². The van der Waals surface area contributed by atoms with Crippen LogP contribution in [0.15, 0.2) is 42.6 Å². The maximum atomic E-state index is 12.5. The molecule has 27 heavy (non-hydrogen) atoms. The first-order chi connectivity index (χ1) is 13.0. The van der Waals surface area contributed by atoms with Gasteiger partial charge in [-0.25, -0.2) is 9.97 Å². The molecule has 2 N–H and O–H groups in total. The summed E-state index contributed by atoms with van der Waals surface area (Å²) in [4.78, 5) is 27.8. The van der Waals surface area contributed by atoms with Gasteiger partial charge in [0.25, 0.3) is 5.91 Å². The number of carbonyl (C=O) groups excluding carboxylic acids is 1. The Morgan fingerprint density at radius 1 is 1.19 bits per heavy atom. The third-order valence-electron chi connectivity index (χ3n) is 4.60. The van der Waals surface area contributed by atoms with Crippen LogP contribution in [0, 0.1) is 0 Å². The number of amides is 1. The molecule has 1 amide bonds. The molecule has 1 saturated heterocycles. The number of aromatic nitrogens is 3. The molecule has 0 aromatic carbocycles. The van der Waals surface area contributed by atoms with E-state index in [1.807, 2.05) is 43.3 Å². The average Bonchev–Trinajstić information content (AvgIpc) is 2.70. The largest absolute Gasteiger partial charge is 0.364 e. The molecule has 3 aromatic rings. The number of ether oxygens (including phenoxy) is 1. The number of nitrogens with two attached hydrogens (primary N) is 1. The Morgan fingerprint density at radius 3 is 2.81 bits per heavy atom. The maximum Gasteiger partial charge on any atom is 0.257 e. The van der Waals surface area contributed by atoms with Crippen LogP contribution in [-0.4, -0.2) is 39.6 Å². The summed E-state index contributed by atoms with van der Waals surface area (Å²) in [6, 6.07) is 11.4. The number of carbonyl (C=O) groups is 1. The fraction of sp³-hybridized carbons (Fsp3) is 0.300. The Balaban J connectivity index is 1.72. The lowest BCUT2D eigenvalue weighted by atomic mass is 10.1. The van der Waals surface area contributed by atoms with Crippen LogP contribution in [0.1, 0.15) is 19.5 Å². The highest BCUT2D eigenvalue weighted by Gasteiger charge is 2.31. The number of morpholine rings is 1. The lowest BCUT2D eigenvalue weighted by Crippen LogP contribution is -2.50. The van der Waals surface area contributed by atoms with Gasteiger partial charge in [-0.3, -0.25) is 14.7 Å². The quantitative estimate of drug-likeness (QED) is 0.767. The zero-order chi connectivity index (χ0) is 19.0. The minimum absolute atomic E-state index is 0.0378. The summed E-state index contributed by atoms with van der Waals surface area (Å²) in [5.41, 5.74) is 8.73. The first-order valence-electron chi connectivity index (χ1n) is 8.95. The van der Waals surface area contributed by atoms with Gasteiger partial charge in [0.05, 0.1) is 35.2 Å². The van der Waals surface area contributed by atoms with Crippen molar-refractivity contribution in [2.75, 3.05) is 11.4 Å². The first-order valence-corrected chi connectivity index (χ1v) is 8.95. The van der Waals surface area contributed by atoms with E-state index in [0.29, 0.717) is 24.6 Å². The third kappa shape index (κ3) is 3.39. The van der Waals surface area contributed by atoms with Gasteiger partial charge in [0.15, 0.2) is 0 Å². The molecule has 4 heterocycles. The van der Waals surface area contributed by atoms with Gasteiger partial charge in [0.2, 0.25) is 0 Å². The van der Waals surface area contributed by atoms with E-state index in [1.54, 1.807) is 18.0 Å². The lowest BCUT2D eigenvalue weighted by molar-refractivity contribution is -0.137. The van der Waals surface area contributed by atoms with Crippen LogP contribution in [0.3, 0.4) is 0 Å². The number of anilines is 1. The molecule has 4 rings (SSSR count). The van der Waals surface area contributed by atoms with E-state index in [-0.39, 0.29) is 12.0 Å². The molecular weight excluding hydrogens is 342 g/mol. The van der Waals surface area contributed by atoms with Gasteiger partial charge in [0, 0.05) is 18.1 Å². The number of nitrogens with zero attached hydrogens (tertiary/aromatic N) is 4. The van der Waals surface area contributed by atoms with Gasteiger partial charge in [0.1, 0.15) is 11.9 Å². The lowest BCUT2D eigenvalue weighted by Gasteiger charge is -2.34. The highest BCUT2D eigenvalue weighted by Crippen LogP contribution is 2.24. The molecule has 2 unspecified atom stereocenters. The van der Waals surface area contributed by atoms with Crippen LogP contribution in [0.5, 0.6) is 0 Å². The van der Waals surface area contributed by atoms with Crippen molar-refractivity contribution in [2.24, 2.45) is 5.73 Å². The fourth-order valence-electron chi connectivity index (χ4n) is 3.25. The second-order valence-electron chi connectivity index (χ2n) is 6.69. The van der Waals surface area contributed by atoms with E-state index >= 15 is 0 Å². The van der Waals surface area contributed by atoms with E-state index < -0.39 is 6.10 Å². The van der Waals surface area contributed by atoms with Gasteiger partial charge < -0.3 is 10.5 Å². The van der Waals surface area contributed by atoms with Crippen molar-refractivity contribution in [1.82, 2.24) is 15.0 Å². The predicted molar refractivity (Wildman–Crippen MR) is 103 cm³/mol. The standard InChI is InChI=1S/C20H21N5O2/c1-12-11-25(20(26)13(2)27-12)19-5-3-4-16(24-19)17-7-6-14-10-22-15(9-21)8-18(14)23-17/h3-8,10,12-13H,9,11,21H2,1-2H3. The second kappa shape index (κ2) is 7.02. The number of hydrogen-bond donors (Lipinski definition) is 1. The Hall–Kier alpha value is -2.90. The predicted octanol–water partition coefficient (Wildman–Crippen LogP) is 2.29. The molecule has 1 aliphatic heterocycles. The number of pyridine rings is 3. The first kappa shape index (κ1) is 17.5. The topological polar surface area (TPSA) is 94.2 Å². The summed E-state index contributed by atoms with van der Waals surface area (Å²) in [5.74, 6) is 0.529. The molecule has 0 spiro atoms. The van der Waals surface area contributed by atoms with Crippen LogP contribution in [0.25, 0.3) is 22.3 Å². The van der Waals surface area contributed by atoms with Gasteiger partial charge in [-0.1, -0.05) is 6.07 Å². The molecule has 0 aliphatic carbocycles. The summed E-state index contributed by atoms with van der Waals surface area (Å²) >= 11 is 0. The highest BCUT2D eigenvalue weighted by atomic mass is 16.5. The van der Waals surface area contributed by atoms with Gasteiger partial charge in [-0.2, -0.15) is 0 Å². The number of fused-ring (bicyclic) bond motifs is 1. The summed E-state index contributed by atoms with van der Waals surface area (Å²) in [7, 11) is 0. The summed E-state index contributed by atoms with van der Waals surface area (Å²) in [6.07, 6.45) is 1.26. The average molecular weight is 363 g/mol. The molecule has 0 saturated carbocycles. The molecule has 7 nitrogen and oxygen atoms in total. The molecular formula is C20H21N5O2. The Labute approximate surface area is 157 Å². The SMILES string of the molecule is CC1CN(c2cccc(-c3ccc4cnc(CN)cc4n3)n2)C(=O)C(C)O1. The molecule has 1 aliphatic rings. The zero-order valence-electron chi connectivity index (χ0n) is 15.3. The Kier molecular flexibility index (Phi) is 4.55. The van der Waals surface area contributed by atoms with Crippen LogP contribution in [0.4, 0.5) is 5.82 Å². The van der Waals surface area contributed by atoms with E-state index in [9.17, 15) is 4.79 Å². The van der Waals surface area contributed by atoms with Crippen LogP contribution in [0.2, 0.25) is 0 Å². The molecule has 3 aromatic heterocycles. The summed E-state index contributed by atoms with van der Waals surface area (Å²) in [6.45, 7) is 4.57. The molecule has 7 heteroatoms. The molecule has 0 bridgehead atoms. The van der Waals surface area contributed by atoms with E-state index in [1.165, 1.54) is 0 Å². The number of rotatable bonds is 3. The van der Waals surface area contributed by atoms with Crippen LogP contribution >= 0.6 is 0 Å². The second-order valence-corrected chi connectivity index (χ2v) is 6.69. The summed E-state index contributed by atoms with van der Waals surface area (Å²) in [5, 5.41) is 0.943. The smallest absolute Gasteiger partial charge is 0.257 e.